The largest absolute Gasteiger partial charge is 0.343 e. The predicted octanol–water partition coefficient (Wildman–Crippen LogP) is 0.857. The van der Waals surface area contributed by atoms with Gasteiger partial charge in [0, 0.05) is 40.2 Å². The molecule has 1 rings (SSSR count). The molecule has 1 unspecified atom stereocenters. The first kappa shape index (κ1) is 13.8. The first-order valence-electron chi connectivity index (χ1n) is 6.07. The molecule has 0 radical (unpaired) electrons. The quantitative estimate of drug-likeness (QED) is 0.735. The van der Waals surface area contributed by atoms with Crippen molar-refractivity contribution in [1.82, 2.24) is 14.7 Å². The van der Waals surface area contributed by atoms with Crippen LogP contribution in [0.25, 0.3) is 0 Å². The third kappa shape index (κ3) is 3.11. The molecular formula is C12H23N3O2. The van der Waals surface area contributed by atoms with Gasteiger partial charge in [-0.05, 0) is 6.42 Å². The van der Waals surface area contributed by atoms with Gasteiger partial charge in [-0.1, -0.05) is 13.8 Å². The average Bonchev–Trinajstić information content (AvgIpc) is 2.22. The minimum atomic E-state index is 0.0121. The molecular weight excluding hydrogens is 218 g/mol. The molecule has 98 valence electrons. The molecule has 0 bridgehead atoms. The van der Waals surface area contributed by atoms with Crippen molar-refractivity contribution in [2.24, 2.45) is 5.92 Å². The molecule has 5 heteroatoms. The Balaban J connectivity index is 2.48. The van der Waals surface area contributed by atoms with Gasteiger partial charge in [0.25, 0.3) is 0 Å². The van der Waals surface area contributed by atoms with Crippen LogP contribution in [0.5, 0.6) is 0 Å². The Hall–Kier alpha value is -1.26. The van der Waals surface area contributed by atoms with E-state index in [-0.39, 0.29) is 23.9 Å². The number of rotatable bonds is 3. The second-order valence-corrected chi connectivity index (χ2v) is 5.19. The van der Waals surface area contributed by atoms with Crippen LogP contribution in [0, 0.1) is 5.92 Å². The number of carbonyl (C=O) groups is 2. The number of urea groups is 1. The summed E-state index contributed by atoms with van der Waals surface area (Å²) in [5.74, 6) is 0.146. The lowest BCUT2D eigenvalue weighted by Gasteiger charge is -2.43. The van der Waals surface area contributed by atoms with Crippen molar-refractivity contribution in [2.45, 2.75) is 26.3 Å². The van der Waals surface area contributed by atoms with Crippen LogP contribution in [0.15, 0.2) is 0 Å². The number of nitrogens with zero attached hydrogens (tertiary/aromatic N) is 3. The van der Waals surface area contributed by atoms with Crippen molar-refractivity contribution in [3.8, 4) is 0 Å². The van der Waals surface area contributed by atoms with E-state index in [0.29, 0.717) is 6.54 Å². The molecule has 0 aliphatic carbocycles. The van der Waals surface area contributed by atoms with Gasteiger partial charge in [-0.25, -0.2) is 4.79 Å². The number of hydrogen-bond donors (Lipinski definition) is 0. The highest BCUT2D eigenvalue weighted by Gasteiger charge is 2.34. The summed E-state index contributed by atoms with van der Waals surface area (Å²) in [5, 5.41) is 0. The van der Waals surface area contributed by atoms with E-state index in [1.807, 2.05) is 18.7 Å². The molecule has 0 aromatic heterocycles. The van der Waals surface area contributed by atoms with Crippen molar-refractivity contribution >= 4 is 11.9 Å². The topological polar surface area (TPSA) is 43.9 Å². The average molecular weight is 241 g/mol. The smallest absolute Gasteiger partial charge is 0.319 e. The Labute approximate surface area is 103 Å². The van der Waals surface area contributed by atoms with Gasteiger partial charge in [0.1, 0.15) is 0 Å². The van der Waals surface area contributed by atoms with E-state index in [0.717, 1.165) is 13.0 Å². The zero-order valence-electron chi connectivity index (χ0n) is 11.4. The summed E-state index contributed by atoms with van der Waals surface area (Å²) in [6.07, 6.45) is 0.981. The maximum Gasteiger partial charge on any atom is 0.319 e. The van der Waals surface area contributed by atoms with E-state index in [1.54, 1.807) is 30.9 Å². The van der Waals surface area contributed by atoms with Gasteiger partial charge in [-0.15, -0.1) is 0 Å². The molecule has 1 atom stereocenters. The van der Waals surface area contributed by atoms with Gasteiger partial charge in [-0.2, -0.15) is 0 Å². The molecule has 1 heterocycles. The van der Waals surface area contributed by atoms with E-state index in [4.69, 9.17) is 0 Å². The number of amides is 3. The van der Waals surface area contributed by atoms with E-state index >= 15 is 0 Å². The number of hydrogen-bond acceptors (Lipinski definition) is 2. The summed E-state index contributed by atoms with van der Waals surface area (Å²) < 4.78 is 0. The lowest BCUT2D eigenvalue weighted by Crippen LogP contribution is -2.58. The molecule has 1 aliphatic heterocycles. The highest BCUT2D eigenvalue weighted by molar-refractivity contribution is 5.78. The molecule has 3 amide bonds. The summed E-state index contributed by atoms with van der Waals surface area (Å²) in [6, 6.07) is 0.212. The fraction of sp³-hybridized carbons (Fsp3) is 0.833. The summed E-state index contributed by atoms with van der Waals surface area (Å²) in [6.45, 7) is 5.21. The van der Waals surface area contributed by atoms with Crippen LogP contribution in [0.2, 0.25) is 0 Å². The SMILES string of the molecule is CC(C)C(=O)N(C)CC1CCN1C(=O)N(C)C. The molecule has 0 aromatic rings. The Kier molecular flexibility index (Phi) is 4.37. The van der Waals surface area contributed by atoms with Gasteiger partial charge in [0.15, 0.2) is 0 Å². The monoisotopic (exact) mass is 241 g/mol. The van der Waals surface area contributed by atoms with Gasteiger partial charge < -0.3 is 14.7 Å². The maximum absolute atomic E-state index is 11.8. The van der Waals surface area contributed by atoms with Crippen LogP contribution in [0.4, 0.5) is 4.79 Å². The van der Waals surface area contributed by atoms with Crippen molar-refractivity contribution in [1.29, 1.82) is 0 Å². The van der Waals surface area contributed by atoms with E-state index < -0.39 is 0 Å². The molecule has 1 aliphatic rings. The zero-order valence-corrected chi connectivity index (χ0v) is 11.4. The summed E-state index contributed by atoms with van der Waals surface area (Å²) in [5.41, 5.74) is 0. The highest BCUT2D eigenvalue weighted by Crippen LogP contribution is 2.19. The van der Waals surface area contributed by atoms with Crippen LogP contribution in [0.3, 0.4) is 0 Å². The predicted molar refractivity (Wildman–Crippen MR) is 66.7 cm³/mol. The van der Waals surface area contributed by atoms with Crippen LogP contribution >= 0.6 is 0 Å². The van der Waals surface area contributed by atoms with E-state index in [1.165, 1.54) is 0 Å². The van der Waals surface area contributed by atoms with Crippen molar-refractivity contribution < 1.29 is 9.59 Å². The Morgan fingerprint density at radius 3 is 2.24 bits per heavy atom. The van der Waals surface area contributed by atoms with Crippen molar-refractivity contribution in [3.63, 3.8) is 0 Å². The normalized spacial score (nSPS) is 18.9. The minimum Gasteiger partial charge on any atom is -0.343 e. The van der Waals surface area contributed by atoms with Gasteiger partial charge in [0.2, 0.25) is 5.91 Å². The molecule has 0 aromatic carbocycles. The Bertz CT molecular complexity index is 302. The van der Waals surface area contributed by atoms with Crippen LogP contribution in [0.1, 0.15) is 20.3 Å². The first-order chi connectivity index (χ1) is 7.84. The van der Waals surface area contributed by atoms with Gasteiger partial charge in [-0.3, -0.25) is 4.79 Å². The second kappa shape index (κ2) is 5.38. The second-order valence-electron chi connectivity index (χ2n) is 5.19. The molecule has 0 N–H and O–H groups in total. The molecule has 5 nitrogen and oxygen atoms in total. The standard InChI is InChI=1S/C12H23N3O2/c1-9(2)11(16)14(5)8-10-6-7-15(10)12(17)13(3)4/h9-10H,6-8H2,1-5H3. The molecule has 0 spiro atoms. The fourth-order valence-electron chi connectivity index (χ4n) is 1.99. The maximum atomic E-state index is 11.8. The van der Waals surface area contributed by atoms with Crippen LogP contribution < -0.4 is 0 Å². The Morgan fingerprint density at radius 2 is 1.88 bits per heavy atom. The third-order valence-corrected chi connectivity index (χ3v) is 3.13. The summed E-state index contributed by atoms with van der Waals surface area (Å²) in [4.78, 5) is 28.6. The molecule has 17 heavy (non-hydrogen) atoms. The molecule has 1 fully saturated rings. The van der Waals surface area contributed by atoms with Gasteiger partial charge >= 0.3 is 6.03 Å². The highest BCUT2D eigenvalue weighted by atomic mass is 16.2. The van der Waals surface area contributed by atoms with E-state index in [9.17, 15) is 9.59 Å². The van der Waals surface area contributed by atoms with Crippen LogP contribution in [-0.4, -0.2) is 66.9 Å². The number of likely N-dealkylation sites (N-methyl/N-ethyl adjacent to an activating group) is 1. The zero-order chi connectivity index (χ0) is 13.2. The fourth-order valence-corrected chi connectivity index (χ4v) is 1.99. The number of carbonyl (C=O) groups excluding carboxylic acids is 2. The summed E-state index contributed by atoms with van der Waals surface area (Å²) >= 11 is 0. The van der Waals surface area contributed by atoms with Gasteiger partial charge in [0.05, 0.1) is 6.04 Å². The molecule has 0 saturated carbocycles. The van der Waals surface area contributed by atoms with Crippen LogP contribution in [-0.2, 0) is 4.79 Å². The van der Waals surface area contributed by atoms with E-state index in [2.05, 4.69) is 0 Å². The minimum absolute atomic E-state index is 0.0121. The molecule has 1 saturated heterocycles. The first-order valence-corrected chi connectivity index (χ1v) is 6.07. The lowest BCUT2D eigenvalue weighted by molar-refractivity contribution is -0.134. The number of likely N-dealkylation sites (tertiary alicyclic amines) is 1. The Morgan fingerprint density at radius 1 is 1.29 bits per heavy atom. The van der Waals surface area contributed by atoms with Crippen molar-refractivity contribution in [2.75, 3.05) is 34.2 Å². The van der Waals surface area contributed by atoms with Crippen molar-refractivity contribution in [3.05, 3.63) is 0 Å². The summed E-state index contributed by atoms with van der Waals surface area (Å²) in [7, 11) is 5.31. The lowest BCUT2D eigenvalue weighted by atomic mass is 10.0. The third-order valence-electron chi connectivity index (χ3n) is 3.13.